The number of fused-ring (bicyclic) bond motifs is 1. The number of aliphatic hydroxyl groups excluding tert-OH is 2. The number of esters is 1. The van der Waals surface area contributed by atoms with E-state index in [0.717, 1.165) is 0 Å². The quantitative estimate of drug-likeness (QED) is 0.218. The molecule has 5 atom stereocenters. The van der Waals surface area contributed by atoms with Gasteiger partial charge in [-0.05, 0) is 12.8 Å². The normalized spacial score (nSPS) is 24.5. The summed E-state index contributed by atoms with van der Waals surface area (Å²) in [5.41, 5.74) is 6.57. The van der Waals surface area contributed by atoms with Crippen molar-refractivity contribution in [2.45, 2.75) is 57.6 Å². The van der Waals surface area contributed by atoms with Crippen LogP contribution in [0.15, 0.2) is 6.33 Å². The fourth-order valence-electron chi connectivity index (χ4n) is 3.43. The van der Waals surface area contributed by atoms with Crippen molar-refractivity contribution >= 4 is 30.5 Å². The van der Waals surface area contributed by atoms with Crippen LogP contribution in [0.4, 0.5) is 5.82 Å². The van der Waals surface area contributed by atoms with Crippen LogP contribution in [0.2, 0.25) is 0 Å². The predicted octanol–water partition coefficient (Wildman–Crippen LogP) is -0.690. The van der Waals surface area contributed by atoms with Crippen LogP contribution in [0.3, 0.4) is 0 Å². The minimum Gasteiger partial charge on any atom is -0.464 e. The lowest BCUT2D eigenvalue weighted by Gasteiger charge is -2.20. The van der Waals surface area contributed by atoms with Crippen molar-refractivity contribution in [2.24, 2.45) is 5.92 Å². The van der Waals surface area contributed by atoms with Crippen molar-refractivity contribution in [3.8, 4) is 0 Å². The summed E-state index contributed by atoms with van der Waals surface area (Å²) in [5.74, 6) is -2.55. The number of ether oxygens (including phenoxy) is 3. The van der Waals surface area contributed by atoms with Gasteiger partial charge in [0.25, 0.3) is 5.85 Å². The second kappa shape index (κ2) is 9.97. The second-order valence-electron chi connectivity index (χ2n) is 8.02. The predicted molar refractivity (Wildman–Crippen MR) is 113 cm³/mol. The fourth-order valence-corrected chi connectivity index (χ4v) is 4.06. The van der Waals surface area contributed by atoms with Gasteiger partial charge < -0.3 is 39.9 Å². The van der Waals surface area contributed by atoms with E-state index in [4.69, 9.17) is 15.2 Å². The van der Waals surface area contributed by atoms with Crippen LogP contribution in [0, 0.1) is 5.92 Å². The molecule has 1 aliphatic heterocycles. The van der Waals surface area contributed by atoms with Gasteiger partial charge in [0.2, 0.25) is 0 Å². The number of nitrogens with zero attached hydrogens (tertiary/aromatic N) is 4. The molecule has 3 rings (SSSR count). The molecule has 2 aromatic rings. The number of anilines is 1. The van der Waals surface area contributed by atoms with E-state index in [1.54, 1.807) is 0 Å². The Bertz CT molecular complexity index is 1040. The molecule has 1 fully saturated rings. The molecule has 1 saturated heterocycles. The van der Waals surface area contributed by atoms with E-state index in [-0.39, 0.29) is 29.5 Å². The van der Waals surface area contributed by atoms with Crippen LogP contribution in [-0.4, -0.2) is 82.9 Å². The zero-order valence-corrected chi connectivity index (χ0v) is 19.2. The number of nitrogens with two attached hydrogens (primary N) is 1. The molecule has 0 radical (unpaired) electrons. The Kier molecular flexibility index (Phi) is 7.69. The third-order valence-corrected chi connectivity index (χ3v) is 5.88. The van der Waals surface area contributed by atoms with Crippen molar-refractivity contribution in [1.29, 1.82) is 0 Å². The molecule has 33 heavy (non-hydrogen) atoms. The van der Waals surface area contributed by atoms with Crippen LogP contribution in [0.25, 0.3) is 11.2 Å². The first-order valence-electron chi connectivity index (χ1n) is 10.3. The van der Waals surface area contributed by atoms with Crippen LogP contribution in [0.5, 0.6) is 0 Å². The van der Waals surface area contributed by atoms with Crippen LogP contribution < -0.4 is 5.73 Å². The van der Waals surface area contributed by atoms with Gasteiger partial charge in [0, 0.05) is 6.42 Å². The molecule has 0 aromatic carbocycles. The Labute approximate surface area is 188 Å². The van der Waals surface area contributed by atoms with Gasteiger partial charge in [-0.3, -0.25) is 9.13 Å². The van der Waals surface area contributed by atoms with Crippen LogP contribution in [-0.2, 0) is 30.0 Å². The van der Waals surface area contributed by atoms with Crippen molar-refractivity contribution in [3.05, 3.63) is 12.2 Å². The molecular formula is C18H28N5O9P. The maximum Gasteiger partial charge on any atom is 0.365 e. The molecule has 0 amide bonds. The summed E-state index contributed by atoms with van der Waals surface area (Å²) in [7, 11) is -5.01. The first-order valence-corrected chi connectivity index (χ1v) is 12.0. The van der Waals surface area contributed by atoms with Gasteiger partial charge in [0.1, 0.15) is 29.7 Å². The van der Waals surface area contributed by atoms with Gasteiger partial charge in [0.05, 0.1) is 19.5 Å². The van der Waals surface area contributed by atoms with E-state index >= 15 is 0 Å². The Balaban J connectivity index is 1.82. The summed E-state index contributed by atoms with van der Waals surface area (Å²) in [6, 6.07) is 0. The molecule has 184 valence electrons. The molecule has 3 heterocycles. The van der Waals surface area contributed by atoms with Gasteiger partial charge in [-0.2, -0.15) is 0 Å². The molecule has 5 unspecified atom stereocenters. The van der Waals surface area contributed by atoms with E-state index in [0.29, 0.717) is 12.2 Å². The minimum atomic E-state index is -5.01. The standard InChI is InChI=1S/C18H28N5O9P/c1-4-30-17(26)18(33(27,28)29)31-6-9-12(24)13(25)16(32-9)23-7-20-11-14(19)21-10(5-8(2)3)22-15(11)23/h7-9,12-13,16,18,24-25H,4-6H2,1-3H3,(H2,19,21,22)(H2,27,28,29). The number of hydrogen-bond donors (Lipinski definition) is 5. The Morgan fingerprint density at radius 3 is 2.61 bits per heavy atom. The highest BCUT2D eigenvalue weighted by Crippen LogP contribution is 2.43. The first kappa shape index (κ1) is 25.4. The van der Waals surface area contributed by atoms with E-state index in [2.05, 4.69) is 19.7 Å². The van der Waals surface area contributed by atoms with Crippen molar-refractivity contribution in [3.63, 3.8) is 0 Å². The summed E-state index contributed by atoms with van der Waals surface area (Å²) in [6.45, 7) is 4.74. The van der Waals surface area contributed by atoms with E-state index in [1.165, 1.54) is 17.8 Å². The smallest absolute Gasteiger partial charge is 0.365 e. The number of rotatable bonds is 9. The lowest BCUT2D eigenvalue weighted by molar-refractivity contribution is -0.155. The Morgan fingerprint density at radius 1 is 1.30 bits per heavy atom. The average molecular weight is 489 g/mol. The number of carbonyl (C=O) groups is 1. The SMILES string of the molecule is CCOC(=O)C(OCC1OC(n2cnc3c(N)nc(CC(C)C)nc32)C(O)C1O)P(=O)(O)O. The number of carbonyl (C=O) groups excluding carboxylic acids is 1. The first-order chi connectivity index (χ1) is 15.4. The molecule has 0 aliphatic carbocycles. The summed E-state index contributed by atoms with van der Waals surface area (Å²) < 4.78 is 28.4. The molecule has 0 bridgehead atoms. The highest BCUT2D eigenvalue weighted by Gasteiger charge is 2.46. The maximum atomic E-state index is 11.8. The van der Waals surface area contributed by atoms with Gasteiger partial charge in [-0.25, -0.2) is 19.7 Å². The van der Waals surface area contributed by atoms with Crippen molar-refractivity contribution in [1.82, 2.24) is 19.5 Å². The monoisotopic (exact) mass is 489 g/mol. The summed E-state index contributed by atoms with van der Waals surface area (Å²) in [4.78, 5) is 43.5. The van der Waals surface area contributed by atoms with E-state index < -0.39 is 50.6 Å². The Hall–Kier alpha value is -2.19. The highest BCUT2D eigenvalue weighted by atomic mass is 31.2. The van der Waals surface area contributed by atoms with Gasteiger partial charge in [-0.15, -0.1) is 0 Å². The lowest BCUT2D eigenvalue weighted by atomic mass is 10.1. The molecule has 0 saturated carbocycles. The van der Waals surface area contributed by atoms with E-state index in [9.17, 15) is 29.4 Å². The van der Waals surface area contributed by atoms with Gasteiger partial charge in [-0.1, -0.05) is 13.8 Å². The fraction of sp³-hybridized carbons (Fsp3) is 0.667. The number of imidazole rings is 1. The largest absolute Gasteiger partial charge is 0.464 e. The lowest BCUT2D eigenvalue weighted by Crippen LogP contribution is -2.36. The number of hydrogen-bond acceptors (Lipinski definition) is 11. The average Bonchev–Trinajstić information content (AvgIpc) is 3.23. The summed E-state index contributed by atoms with van der Waals surface area (Å²) in [5, 5.41) is 21.0. The minimum absolute atomic E-state index is 0.112. The molecule has 1 aliphatic rings. The topological polar surface area (TPSA) is 212 Å². The summed E-state index contributed by atoms with van der Waals surface area (Å²) in [6.07, 6.45) is -3.46. The third kappa shape index (κ3) is 5.49. The van der Waals surface area contributed by atoms with E-state index in [1.807, 2.05) is 13.8 Å². The number of aliphatic hydroxyl groups is 2. The third-order valence-electron chi connectivity index (χ3n) is 4.91. The second-order valence-corrected chi connectivity index (χ2v) is 9.67. The summed E-state index contributed by atoms with van der Waals surface area (Å²) >= 11 is 0. The molecule has 6 N–H and O–H groups in total. The zero-order valence-electron chi connectivity index (χ0n) is 18.3. The zero-order chi connectivity index (χ0) is 24.5. The number of aromatic nitrogens is 4. The highest BCUT2D eigenvalue weighted by molar-refractivity contribution is 7.53. The molecule has 15 heteroatoms. The van der Waals surface area contributed by atoms with Crippen molar-refractivity contribution in [2.75, 3.05) is 18.9 Å². The maximum absolute atomic E-state index is 11.8. The van der Waals surface area contributed by atoms with Gasteiger partial charge in [0.15, 0.2) is 17.7 Å². The Morgan fingerprint density at radius 2 is 2.00 bits per heavy atom. The van der Waals surface area contributed by atoms with Crippen molar-refractivity contribution < 1.29 is 43.6 Å². The number of nitrogen functional groups attached to an aromatic ring is 1. The molecule has 14 nitrogen and oxygen atoms in total. The van der Waals surface area contributed by atoms with Gasteiger partial charge >= 0.3 is 13.6 Å². The van der Waals surface area contributed by atoms with Crippen LogP contribution >= 0.6 is 7.60 Å². The molecular weight excluding hydrogens is 461 g/mol. The van der Waals surface area contributed by atoms with Crippen LogP contribution in [0.1, 0.15) is 32.8 Å². The molecule has 2 aromatic heterocycles. The molecule has 0 spiro atoms.